The molecule has 0 aliphatic carbocycles. The van der Waals surface area contributed by atoms with Gasteiger partial charge in [-0.2, -0.15) is 4.31 Å². The average Bonchev–Trinajstić information content (AvgIpc) is 3.25. The van der Waals surface area contributed by atoms with Crippen LogP contribution in [0.3, 0.4) is 0 Å². The Balaban J connectivity index is 1.30. The highest BCUT2D eigenvalue weighted by Gasteiger charge is 2.26. The number of benzene rings is 3. The minimum Gasteiger partial charge on any atom is -0.496 e. The smallest absolute Gasteiger partial charge is 0.243 e. The lowest BCUT2D eigenvalue weighted by molar-refractivity contribution is -0.116. The third kappa shape index (κ3) is 4.76. The summed E-state index contributed by atoms with van der Waals surface area (Å²) in [5.41, 5.74) is 2.85. The molecule has 3 aromatic carbocycles. The Morgan fingerprint density at radius 2 is 1.74 bits per heavy atom. The molecule has 182 valence electrons. The molecule has 2 heterocycles. The van der Waals surface area contributed by atoms with E-state index < -0.39 is 10.0 Å². The van der Waals surface area contributed by atoms with Gasteiger partial charge in [0.05, 0.1) is 12.0 Å². The van der Waals surface area contributed by atoms with Gasteiger partial charge in [-0.15, -0.1) is 0 Å². The predicted molar refractivity (Wildman–Crippen MR) is 136 cm³/mol. The van der Waals surface area contributed by atoms with Gasteiger partial charge in [0.1, 0.15) is 16.9 Å². The monoisotopic (exact) mass is 492 g/mol. The molecule has 1 aromatic heterocycles. The van der Waals surface area contributed by atoms with Gasteiger partial charge in [-0.3, -0.25) is 4.79 Å². The Morgan fingerprint density at radius 1 is 0.971 bits per heavy atom. The Kier molecular flexibility index (Phi) is 6.49. The molecule has 1 aliphatic heterocycles. The van der Waals surface area contributed by atoms with Crippen LogP contribution in [-0.2, 0) is 21.2 Å². The van der Waals surface area contributed by atoms with Crippen molar-refractivity contribution < 1.29 is 22.4 Å². The topological polar surface area (TPSA) is 88.9 Å². The number of amides is 1. The van der Waals surface area contributed by atoms with Crippen LogP contribution in [0.1, 0.15) is 31.2 Å². The number of nitrogens with zero attached hydrogens (tertiary/aromatic N) is 1. The van der Waals surface area contributed by atoms with E-state index in [4.69, 9.17) is 9.15 Å². The molecule has 5 rings (SSSR count). The van der Waals surface area contributed by atoms with Crippen LogP contribution in [0.2, 0.25) is 0 Å². The molecule has 0 saturated carbocycles. The summed E-state index contributed by atoms with van der Waals surface area (Å²) in [5, 5.41) is 4.95. The molecule has 0 spiro atoms. The Labute approximate surface area is 204 Å². The van der Waals surface area contributed by atoms with Crippen molar-refractivity contribution in [2.45, 2.75) is 37.0 Å². The van der Waals surface area contributed by atoms with Gasteiger partial charge < -0.3 is 14.5 Å². The second-order valence-electron chi connectivity index (χ2n) is 8.80. The van der Waals surface area contributed by atoms with Crippen molar-refractivity contribution in [3.8, 4) is 5.75 Å². The number of carbonyl (C=O) groups is 1. The third-order valence-corrected chi connectivity index (χ3v) is 8.38. The first-order chi connectivity index (χ1) is 17.0. The van der Waals surface area contributed by atoms with Crippen molar-refractivity contribution in [2.75, 3.05) is 25.5 Å². The number of ether oxygens (including phenoxy) is 1. The Hall–Kier alpha value is -3.36. The summed E-state index contributed by atoms with van der Waals surface area (Å²) in [5.74, 6) is 0.394. The fraction of sp³-hybridized carbons (Fsp3) is 0.296. The average molecular weight is 493 g/mol. The summed E-state index contributed by atoms with van der Waals surface area (Å²) in [6.07, 6.45) is 3.34. The van der Waals surface area contributed by atoms with Gasteiger partial charge in [0.2, 0.25) is 15.9 Å². The van der Waals surface area contributed by atoms with Crippen molar-refractivity contribution in [1.29, 1.82) is 0 Å². The van der Waals surface area contributed by atoms with Crippen LogP contribution in [0, 0.1) is 0 Å². The van der Waals surface area contributed by atoms with Gasteiger partial charge in [-0.25, -0.2) is 8.42 Å². The number of aryl methyl sites for hydroxylation is 1. The zero-order chi connectivity index (χ0) is 24.4. The molecule has 1 aliphatic rings. The maximum absolute atomic E-state index is 13.1. The van der Waals surface area contributed by atoms with Crippen LogP contribution in [0.15, 0.2) is 70.0 Å². The summed E-state index contributed by atoms with van der Waals surface area (Å²) >= 11 is 0. The Morgan fingerprint density at radius 3 is 2.54 bits per heavy atom. The molecule has 35 heavy (non-hydrogen) atoms. The molecular weight excluding hydrogens is 464 g/mol. The van der Waals surface area contributed by atoms with Crippen LogP contribution in [0.4, 0.5) is 5.69 Å². The zero-order valence-electron chi connectivity index (χ0n) is 19.6. The van der Waals surface area contributed by atoms with Crippen molar-refractivity contribution in [3.63, 3.8) is 0 Å². The SMILES string of the molecule is COc1ccc(S(=O)(=O)N2CCCCC2)cc1CCC(=O)Nc1ccc2c(c1)oc1ccccc12. The van der Waals surface area contributed by atoms with E-state index in [-0.39, 0.29) is 17.2 Å². The molecule has 0 radical (unpaired) electrons. The lowest BCUT2D eigenvalue weighted by atomic mass is 10.1. The number of fused-ring (bicyclic) bond motifs is 3. The fourth-order valence-corrected chi connectivity index (χ4v) is 6.21. The van der Waals surface area contributed by atoms with Crippen LogP contribution in [0.25, 0.3) is 21.9 Å². The molecule has 7 nitrogen and oxygen atoms in total. The van der Waals surface area contributed by atoms with Gasteiger partial charge in [0.25, 0.3) is 0 Å². The van der Waals surface area contributed by atoms with Crippen molar-refractivity contribution in [3.05, 3.63) is 66.2 Å². The highest BCUT2D eigenvalue weighted by atomic mass is 32.2. The molecule has 1 amide bonds. The fourth-order valence-electron chi connectivity index (χ4n) is 4.64. The van der Waals surface area contributed by atoms with Crippen LogP contribution < -0.4 is 10.1 Å². The van der Waals surface area contributed by atoms with Crippen LogP contribution in [0.5, 0.6) is 5.75 Å². The molecule has 1 saturated heterocycles. The minimum atomic E-state index is -3.56. The number of carbonyl (C=O) groups excluding carboxylic acids is 1. The summed E-state index contributed by atoms with van der Waals surface area (Å²) in [6.45, 7) is 1.09. The second kappa shape index (κ2) is 9.71. The van der Waals surface area contributed by atoms with Gasteiger partial charge in [0.15, 0.2) is 0 Å². The predicted octanol–water partition coefficient (Wildman–Crippen LogP) is 5.34. The van der Waals surface area contributed by atoms with Gasteiger partial charge >= 0.3 is 0 Å². The van der Waals surface area contributed by atoms with Crippen molar-refractivity contribution in [2.24, 2.45) is 0 Å². The van der Waals surface area contributed by atoms with Crippen molar-refractivity contribution >= 4 is 43.6 Å². The number of anilines is 1. The number of nitrogens with one attached hydrogen (secondary N) is 1. The van der Waals surface area contributed by atoms with Crippen LogP contribution in [-0.4, -0.2) is 38.8 Å². The molecule has 8 heteroatoms. The number of hydrogen-bond donors (Lipinski definition) is 1. The summed E-state index contributed by atoms with van der Waals surface area (Å²) in [6, 6.07) is 18.3. The quantitative estimate of drug-likeness (QED) is 0.376. The summed E-state index contributed by atoms with van der Waals surface area (Å²) in [4.78, 5) is 13.0. The zero-order valence-corrected chi connectivity index (χ0v) is 20.4. The lowest BCUT2D eigenvalue weighted by Gasteiger charge is -2.26. The lowest BCUT2D eigenvalue weighted by Crippen LogP contribution is -2.35. The highest BCUT2D eigenvalue weighted by Crippen LogP contribution is 2.31. The maximum atomic E-state index is 13.1. The second-order valence-corrected chi connectivity index (χ2v) is 10.7. The van der Waals surface area contributed by atoms with E-state index in [0.717, 1.165) is 35.6 Å². The number of piperidine rings is 1. The van der Waals surface area contributed by atoms with E-state index in [0.29, 0.717) is 42.1 Å². The van der Waals surface area contributed by atoms with Gasteiger partial charge in [-0.1, -0.05) is 24.6 Å². The molecule has 1 N–H and O–H groups in total. The number of sulfonamides is 1. The minimum absolute atomic E-state index is 0.174. The molecular formula is C27H28N2O5S. The highest BCUT2D eigenvalue weighted by molar-refractivity contribution is 7.89. The van der Waals surface area contributed by atoms with Crippen molar-refractivity contribution in [1.82, 2.24) is 4.31 Å². The number of hydrogen-bond acceptors (Lipinski definition) is 5. The van der Waals surface area contributed by atoms with E-state index in [1.54, 1.807) is 29.6 Å². The van der Waals surface area contributed by atoms with Gasteiger partial charge in [-0.05, 0) is 61.2 Å². The van der Waals surface area contributed by atoms with E-state index in [9.17, 15) is 13.2 Å². The summed E-state index contributed by atoms with van der Waals surface area (Å²) in [7, 11) is -2.02. The Bertz CT molecular complexity index is 1490. The summed E-state index contributed by atoms with van der Waals surface area (Å²) < 4.78 is 39.1. The maximum Gasteiger partial charge on any atom is 0.243 e. The van der Waals surface area contributed by atoms with E-state index >= 15 is 0 Å². The number of para-hydroxylation sites is 1. The van der Waals surface area contributed by atoms with Crippen LogP contribution >= 0.6 is 0 Å². The first-order valence-corrected chi connectivity index (χ1v) is 13.3. The molecule has 4 aromatic rings. The first kappa shape index (κ1) is 23.4. The normalized spacial score (nSPS) is 14.9. The molecule has 0 atom stereocenters. The number of furan rings is 1. The number of methoxy groups -OCH3 is 1. The molecule has 1 fully saturated rings. The van der Waals surface area contributed by atoms with E-state index in [2.05, 4.69) is 5.32 Å². The van der Waals surface area contributed by atoms with Gasteiger partial charge in [0, 0.05) is 42.0 Å². The standard InChI is InChI=1S/C27H28N2O5S/c1-33-24-13-11-21(35(31,32)29-15-5-2-6-16-29)17-19(24)9-14-27(30)28-20-10-12-23-22-7-3-4-8-25(22)34-26(23)18-20/h3-4,7-8,10-13,17-18H,2,5-6,9,14-16H2,1H3,(H,28,30). The molecule has 0 unspecified atom stereocenters. The largest absolute Gasteiger partial charge is 0.496 e. The van der Waals surface area contributed by atoms with E-state index in [1.807, 2.05) is 42.5 Å². The third-order valence-electron chi connectivity index (χ3n) is 6.49. The van der Waals surface area contributed by atoms with E-state index in [1.165, 1.54) is 0 Å². The number of rotatable bonds is 7. The molecule has 0 bridgehead atoms. The first-order valence-electron chi connectivity index (χ1n) is 11.8.